The minimum Gasteiger partial charge on any atom is -0.341 e. The number of fused-ring (bicyclic) bond motifs is 1. The van der Waals surface area contributed by atoms with Crippen LogP contribution in [0.2, 0.25) is 0 Å². The number of amides is 1. The van der Waals surface area contributed by atoms with E-state index in [1.54, 1.807) is 0 Å². The number of aromatic nitrogens is 2. The standard InChI is InChI=1S/C21H30N4O2/c1-16(20(26)24-12-6-2-3-7-13-24)23-14-10-17(11-15-23)25-19-9-5-4-8-18(19)22-21(25)27/h4-5,8-9,16-17H,2-3,6-7,10-15H2,1H3,(H,22,27). The lowest BCUT2D eigenvalue weighted by atomic mass is 10.0. The van der Waals surface area contributed by atoms with Gasteiger partial charge >= 0.3 is 5.69 Å². The molecule has 146 valence electrons. The lowest BCUT2D eigenvalue weighted by Crippen LogP contribution is -2.50. The third kappa shape index (κ3) is 3.68. The van der Waals surface area contributed by atoms with Crippen LogP contribution in [0.15, 0.2) is 29.1 Å². The molecular weight excluding hydrogens is 340 g/mol. The molecule has 0 spiro atoms. The number of nitrogens with zero attached hydrogens (tertiary/aromatic N) is 3. The van der Waals surface area contributed by atoms with Crippen molar-refractivity contribution in [3.8, 4) is 0 Å². The minimum absolute atomic E-state index is 0.0247. The van der Waals surface area contributed by atoms with Crippen LogP contribution in [0.4, 0.5) is 0 Å². The Morgan fingerprint density at radius 1 is 1.04 bits per heavy atom. The summed E-state index contributed by atoms with van der Waals surface area (Å²) in [5, 5.41) is 0. The van der Waals surface area contributed by atoms with E-state index in [1.165, 1.54) is 12.8 Å². The number of benzene rings is 1. The van der Waals surface area contributed by atoms with E-state index in [0.29, 0.717) is 0 Å². The van der Waals surface area contributed by atoms with Gasteiger partial charge < -0.3 is 9.88 Å². The van der Waals surface area contributed by atoms with Crippen molar-refractivity contribution in [3.63, 3.8) is 0 Å². The van der Waals surface area contributed by atoms with Crippen LogP contribution in [0.3, 0.4) is 0 Å². The van der Waals surface area contributed by atoms with Crippen molar-refractivity contribution in [1.82, 2.24) is 19.4 Å². The summed E-state index contributed by atoms with van der Waals surface area (Å²) in [6.45, 7) is 5.58. The summed E-state index contributed by atoms with van der Waals surface area (Å²) in [7, 11) is 0. The largest absolute Gasteiger partial charge is 0.341 e. The van der Waals surface area contributed by atoms with Crippen molar-refractivity contribution in [2.75, 3.05) is 26.2 Å². The van der Waals surface area contributed by atoms with Crippen LogP contribution in [0.25, 0.3) is 11.0 Å². The lowest BCUT2D eigenvalue weighted by Gasteiger charge is -2.37. The number of carbonyl (C=O) groups excluding carboxylic acids is 1. The molecule has 2 saturated heterocycles. The van der Waals surface area contributed by atoms with E-state index >= 15 is 0 Å². The van der Waals surface area contributed by atoms with E-state index in [1.807, 2.05) is 35.8 Å². The van der Waals surface area contributed by atoms with Gasteiger partial charge in [-0.2, -0.15) is 0 Å². The molecule has 2 aliphatic heterocycles. The molecule has 6 heteroatoms. The number of rotatable bonds is 3. The fourth-order valence-corrected chi connectivity index (χ4v) is 4.68. The van der Waals surface area contributed by atoms with Crippen molar-refractivity contribution < 1.29 is 4.79 Å². The minimum atomic E-state index is -0.0660. The summed E-state index contributed by atoms with van der Waals surface area (Å²) >= 11 is 0. The predicted octanol–water partition coefficient (Wildman–Crippen LogP) is 2.76. The molecular formula is C21H30N4O2. The highest BCUT2D eigenvalue weighted by Gasteiger charge is 2.31. The summed E-state index contributed by atoms with van der Waals surface area (Å²) in [4.78, 5) is 32.7. The maximum atomic E-state index is 12.9. The summed E-state index contributed by atoms with van der Waals surface area (Å²) in [5.74, 6) is 0.277. The van der Waals surface area contributed by atoms with Gasteiger partial charge in [0.1, 0.15) is 0 Å². The van der Waals surface area contributed by atoms with Gasteiger partial charge in [-0.25, -0.2) is 4.79 Å². The molecule has 1 N–H and O–H groups in total. The van der Waals surface area contributed by atoms with Gasteiger partial charge in [0, 0.05) is 32.2 Å². The van der Waals surface area contributed by atoms with Crippen LogP contribution >= 0.6 is 0 Å². The Labute approximate surface area is 160 Å². The van der Waals surface area contributed by atoms with Gasteiger partial charge in [0.05, 0.1) is 17.1 Å². The van der Waals surface area contributed by atoms with Crippen molar-refractivity contribution in [3.05, 3.63) is 34.7 Å². The summed E-state index contributed by atoms with van der Waals surface area (Å²) in [6.07, 6.45) is 6.54. The van der Waals surface area contributed by atoms with E-state index in [2.05, 4.69) is 14.8 Å². The Kier molecular flexibility index (Phi) is 5.34. The van der Waals surface area contributed by atoms with Gasteiger partial charge in [-0.3, -0.25) is 14.3 Å². The molecule has 27 heavy (non-hydrogen) atoms. The third-order valence-electron chi connectivity index (χ3n) is 6.31. The number of H-pyrrole nitrogens is 1. The van der Waals surface area contributed by atoms with Crippen molar-refractivity contribution in [2.45, 2.75) is 57.5 Å². The summed E-state index contributed by atoms with van der Waals surface area (Å²) in [6, 6.07) is 8.01. The first-order chi connectivity index (χ1) is 13.1. The number of aromatic amines is 1. The number of hydrogen-bond acceptors (Lipinski definition) is 3. The van der Waals surface area contributed by atoms with Crippen LogP contribution < -0.4 is 5.69 Å². The first-order valence-corrected chi connectivity index (χ1v) is 10.4. The molecule has 0 radical (unpaired) electrons. The number of para-hydroxylation sites is 2. The monoisotopic (exact) mass is 370 g/mol. The molecule has 0 bridgehead atoms. The molecule has 4 rings (SSSR count). The molecule has 2 aliphatic rings. The SMILES string of the molecule is CC(C(=O)N1CCCCCC1)N1CCC(n2c(=O)[nH]c3ccccc32)CC1. The number of imidazole rings is 1. The van der Waals surface area contributed by atoms with Crippen LogP contribution in [0.1, 0.15) is 51.5 Å². The molecule has 3 heterocycles. The van der Waals surface area contributed by atoms with E-state index in [0.717, 1.165) is 62.9 Å². The molecule has 1 atom stereocenters. The zero-order chi connectivity index (χ0) is 18.8. The van der Waals surface area contributed by atoms with Gasteiger partial charge in [-0.05, 0) is 44.7 Å². The maximum absolute atomic E-state index is 12.9. The second kappa shape index (κ2) is 7.89. The Bertz CT molecular complexity index is 839. The Balaban J connectivity index is 1.41. The zero-order valence-electron chi connectivity index (χ0n) is 16.2. The van der Waals surface area contributed by atoms with Crippen molar-refractivity contribution in [2.24, 2.45) is 0 Å². The van der Waals surface area contributed by atoms with Crippen molar-refractivity contribution in [1.29, 1.82) is 0 Å². The van der Waals surface area contributed by atoms with E-state index in [4.69, 9.17) is 0 Å². The number of nitrogens with one attached hydrogen (secondary N) is 1. The molecule has 2 aromatic rings. The predicted molar refractivity (Wildman–Crippen MR) is 107 cm³/mol. The van der Waals surface area contributed by atoms with Gasteiger partial charge in [-0.1, -0.05) is 25.0 Å². The average Bonchev–Trinajstić information content (AvgIpc) is 2.86. The lowest BCUT2D eigenvalue weighted by molar-refractivity contribution is -0.136. The van der Waals surface area contributed by atoms with Gasteiger partial charge in [0.15, 0.2) is 0 Å². The van der Waals surface area contributed by atoms with Crippen LogP contribution in [-0.4, -0.2) is 57.5 Å². The molecule has 1 amide bonds. The fourth-order valence-electron chi connectivity index (χ4n) is 4.68. The van der Waals surface area contributed by atoms with Gasteiger partial charge in [0.25, 0.3) is 0 Å². The second-order valence-corrected chi connectivity index (χ2v) is 8.00. The van der Waals surface area contributed by atoms with Crippen molar-refractivity contribution >= 4 is 16.9 Å². The van der Waals surface area contributed by atoms with Gasteiger partial charge in [-0.15, -0.1) is 0 Å². The molecule has 2 fully saturated rings. The van der Waals surface area contributed by atoms with E-state index in [-0.39, 0.29) is 23.7 Å². The van der Waals surface area contributed by atoms with Crippen LogP contribution in [0.5, 0.6) is 0 Å². The Morgan fingerprint density at radius 2 is 1.70 bits per heavy atom. The summed E-state index contributed by atoms with van der Waals surface area (Å²) in [5.41, 5.74) is 1.85. The highest BCUT2D eigenvalue weighted by Crippen LogP contribution is 2.26. The normalized spacial score (nSPS) is 21.3. The quantitative estimate of drug-likeness (QED) is 0.904. The molecule has 6 nitrogen and oxygen atoms in total. The van der Waals surface area contributed by atoms with Gasteiger partial charge in [0.2, 0.25) is 5.91 Å². The fraction of sp³-hybridized carbons (Fsp3) is 0.619. The number of hydrogen-bond donors (Lipinski definition) is 1. The molecule has 1 aromatic heterocycles. The highest BCUT2D eigenvalue weighted by atomic mass is 16.2. The second-order valence-electron chi connectivity index (χ2n) is 8.00. The third-order valence-corrected chi connectivity index (χ3v) is 6.31. The number of likely N-dealkylation sites (tertiary alicyclic amines) is 2. The molecule has 0 aliphatic carbocycles. The zero-order valence-corrected chi connectivity index (χ0v) is 16.2. The first kappa shape index (κ1) is 18.3. The average molecular weight is 370 g/mol. The Morgan fingerprint density at radius 3 is 2.41 bits per heavy atom. The summed E-state index contributed by atoms with van der Waals surface area (Å²) < 4.78 is 1.91. The maximum Gasteiger partial charge on any atom is 0.326 e. The molecule has 1 unspecified atom stereocenters. The molecule has 0 saturated carbocycles. The highest BCUT2D eigenvalue weighted by molar-refractivity contribution is 5.81. The van der Waals surface area contributed by atoms with Crippen LogP contribution in [-0.2, 0) is 4.79 Å². The van der Waals surface area contributed by atoms with E-state index in [9.17, 15) is 9.59 Å². The number of piperidine rings is 1. The smallest absolute Gasteiger partial charge is 0.326 e. The van der Waals surface area contributed by atoms with Crippen LogP contribution in [0, 0.1) is 0 Å². The topological polar surface area (TPSA) is 61.3 Å². The van der Waals surface area contributed by atoms with E-state index < -0.39 is 0 Å². The molecule has 1 aromatic carbocycles. The number of carbonyl (C=O) groups is 1. The first-order valence-electron chi connectivity index (χ1n) is 10.4. The Hall–Kier alpha value is -2.08.